The van der Waals surface area contributed by atoms with Gasteiger partial charge in [-0.25, -0.2) is 0 Å². The zero-order chi connectivity index (χ0) is 49.1. The molecule has 3 aliphatic rings. The highest BCUT2D eigenvalue weighted by atomic mass is 16.7. The van der Waals surface area contributed by atoms with E-state index in [-0.39, 0.29) is 49.7 Å². The highest BCUT2D eigenvalue weighted by Gasteiger charge is 2.54. The minimum atomic E-state index is -1.83. The van der Waals surface area contributed by atoms with Gasteiger partial charge >= 0.3 is 5.97 Å². The summed E-state index contributed by atoms with van der Waals surface area (Å²) in [7, 11) is 5.62. The molecule has 2 aromatic carbocycles. The maximum Gasteiger partial charge on any atom is 0.311 e. The van der Waals surface area contributed by atoms with Crippen molar-refractivity contribution in [2.24, 2.45) is 23.2 Å². The summed E-state index contributed by atoms with van der Waals surface area (Å²) in [5.41, 5.74) is -3.46. The Balaban J connectivity index is 1.51. The quantitative estimate of drug-likeness (QED) is 0.194. The van der Waals surface area contributed by atoms with Crippen LogP contribution in [-0.4, -0.2) is 161 Å². The van der Waals surface area contributed by atoms with Crippen LogP contribution in [0.2, 0.25) is 0 Å². The largest absolute Gasteiger partial charge is 0.459 e. The van der Waals surface area contributed by atoms with Crippen LogP contribution < -0.4 is 0 Å². The summed E-state index contributed by atoms with van der Waals surface area (Å²) in [6.45, 7) is 20.0. The highest BCUT2D eigenvalue weighted by Crippen LogP contribution is 2.43. The normalized spacial score (nSPS) is 41.7. The molecular weight excluding hydrogens is 845 g/mol. The molecule has 3 aliphatic heterocycles. The predicted molar refractivity (Wildman–Crippen MR) is 254 cm³/mol. The number of hydrogen-bond donors (Lipinski definition) is 4. The van der Waals surface area contributed by atoms with Gasteiger partial charge in [-0.2, -0.15) is 0 Å². The van der Waals surface area contributed by atoms with E-state index in [0.29, 0.717) is 13.0 Å². The third-order valence-corrected chi connectivity index (χ3v) is 15.0. The lowest BCUT2D eigenvalue weighted by Gasteiger charge is -2.49. The first-order chi connectivity index (χ1) is 30.8. The van der Waals surface area contributed by atoms with E-state index < -0.39 is 95.8 Å². The average molecular weight is 927 g/mol. The van der Waals surface area contributed by atoms with Crippen LogP contribution in [0.25, 0.3) is 16.8 Å². The molecule has 3 saturated heterocycles. The molecule has 14 heteroatoms. The number of likely N-dealkylation sites (N-methyl/N-ethyl adjacent to an activating group) is 2. The smallest absolute Gasteiger partial charge is 0.311 e. The molecule has 66 heavy (non-hydrogen) atoms. The number of carbonyl (C=O) groups is 2. The molecule has 4 N–H and O–H groups in total. The number of rotatable bonds is 11. The second kappa shape index (κ2) is 22.3. The van der Waals surface area contributed by atoms with Crippen LogP contribution in [0.5, 0.6) is 0 Å². The first kappa shape index (κ1) is 54.1. The zero-order valence-corrected chi connectivity index (χ0v) is 42.0. The molecule has 0 bridgehead atoms. The van der Waals surface area contributed by atoms with Gasteiger partial charge < -0.3 is 58.6 Å². The van der Waals surface area contributed by atoms with E-state index >= 15 is 0 Å². The summed E-state index contributed by atoms with van der Waals surface area (Å²) in [6.07, 6.45) is -4.37. The number of esters is 1. The first-order valence-corrected chi connectivity index (χ1v) is 24.1. The minimum absolute atomic E-state index is 0.0868. The summed E-state index contributed by atoms with van der Waals surface area (Å²) >= 11 is 0. The fraction of sp³-hybridized carbons (Fsp3) is 0.731. The molecule has 2 aromatic rings. The van der Waals surface area contributed by atoms with Gasteiger partial charge in [-0.15, -0.1) is 0 Å². The first-order valence-electron chi connectivity index (χ1n) is 24.1. The van der Waals surface area contributed by atoms with Crippen LogP contribution >= 0.6 is 0 Å². The molecule has 3 heterocycles. The number of ketones is 1. The second-order valence-electron chi connectivity index (χ2n) is 20.9. The van der Waals surface area contributed by atoms with E-state index in [1.165, 1.54) is 13.8 Å². The number of Topliss-reactive ketones (excluding diaryl/α,β-unsaturated/α-hetero) is 1. The average Bonchev–Trinajstić information content (AvgIpc) is 3.24. The summed E-state index contributed by atoms with van der Waals surface area (Å²) in [4.78, 5) is 32.1. The Bertz CT molecular complexity index is 1940. The third-order valence-electron chi connectivity index (χ3n) is 15.0. The Morgan fingerprint density at radius 3 is 2.26 bits per heavy atom. The van der Waals surface area contributed by atoms with Gasteiger partial charge in [0.05, 0.1) is 54.1 Å². The van der Waals surface area contributed by atoms with Crippen molar-refractivity contribution in [2.45, 2.75) is 187 Å². The van der Waals surface area contributed by atoms with Gasteiger partial charge in [0.2, 0.25) is 0 Å². The van der Waals surface area contributed by atoms with Crippen LogP contribution in [0.1, 0.15) is 107 Å². The van der Waals surface area contributed by atoms with Crippen molar-refractivity contribution < 1.29 is 58.4 Å². The predicted octanol–water partition coefficient (Wildman–Crippen LogP) is 5.98. The molecule has 5 rings (SSSR count). The zero-order valence-electron chi connectivity index (χ0n) is 42.0. The highest BCUT2D eigenvalue weighted by molar-refractivity contribution is 5.90. The molecule has 3 fully saturated rings. The van der Waals surface area contributed by atoms with Crippen LogP contribution in [0, 0.1) is 23.2 Å². The van der Waals surface area contributed by atoms with Gasteiger partial charge in [-0.05, 0) is 118 Å². The number of aliphatic hydroxyl groups excluding tert-OH is 2. The Morgan fingerprint density at radius 1 is 0.939 bits per heavy atom. The van der Waals surface area contributed by atoms with Crippen molar-refractivity contribution in [2.75, 3.05) is 34.3 Å². The third kappa shape index (κ3) is 12.1. The van der Waals surface area contributed by atoms with Crippen LogP contribution in [0.4, 0.5) is 0 Å². The molecule has 0 radical (unpaired) electrons. The second-order valence-corrected chi connectivity index (χ2v) is 20.9. The number of fused-ring (bicyclic) bond motifs is 1. The SMILES string of the molecule is CC[C@H]1OC(=O)[C@H](C)[C@@H](O[C@H]2C[C@@](C)(C(C)=O)[C@@H](OC/C=C/c3cccc4ccccc34)[C@H](C)O2)[C@H](C)[C@@H](OC2O[C@H](C)C[C@H](N(C)C)[C@H]2O)[C@](C)(O)C[C@@H](C)CN(C)[C@H](C)[C@@H](O)[C@]1(C)O. The summed E-state index contributed by atoms with van der Waals surface area (Å²) in [5, 5.41) is 50.3. The lowest BCUT2D eigenvalue weighted by atomic mass is 9.73. The van der Waals surface area contributed by atoms with Crippen molar-refractivity contribution in [3.63, 3.8) is 0 Å². The van der Waals surface area contributed by atoms with Gasteiger partial charge in [0.15, 0.2) is 12.6 Å². The van der Waals surface area contributed by atoms with Crippen molar-refractivity contribution in [1.29, 1.82) is 0 Å². The van der Waals surface area contributed by atoms with Gasteiger partial charge in [-0.3, -0.25) is 9.59 Å². The van der Waals surface area contributed by atoms with Gasteiger partial charge in [0.25, 0.3) is 0 Å². The lowest BCUT2D eigenvalue weighted by Crippen LogP contribution is -2.60. The molecule has 0 aliphatic carbocycles. The summed E-state index contributed by atoms with van der Waals surface area (Å²) in [5.74, 6) is -2.86. The van der Waals surface area contributed by atoms with E-state index in [4.69, 9.17) is 28.4 Å². The molecule has 372 valence electrons. The minimum Gasteiger partial charge on any atom is -0.459 e. The molecule has 18 atom stereocenters. The Labute approximate surface area is 393 Å². The number of hydrogen-bond acceptors (Lipinski definition) is 14. The number of carbonyl (C=O) groups excluding carboxylic acids is 2. The van der Waals surface area contributed by atoms with E-state index in [2.05, 4.69) is 18.2 Å². The molecule has 0 spiro atoms. The lowest BCUT2D eigenvalue weighted by molar-refractivity contribution is -0.312. The fourth-order valence-corrected chi connectivity index (χ4v) is 11.0. The van der Waals surface area contributed by atoms with E-state index in [9.17, 15) is 30.0 Å². The van der Waals surface area contributed by atoms with Gasteiger partial charge in [-0.1, -0.05) is 75.4 Å². The maximum atomic E-state index is 14.6. The number of nitrogens with zero attached hydrogens (tertiary/aromatic N) is 2. The van der Waals surface area contributed by atoms with Gasteiger partial charge in [0, 0.05) is 31.0 Å². The number of benzene rings is 2. The van der Waals surface area contributed by atoms with E-state index in [1.54, 1.807) is 27.7 Å². The maximum absolute atomic E-state index is 14.6. The Morgan fingerprint density at radius 2 is 1.61 bits per heavy atom. The molecule has 14 nitrogen and oxygen atoms in total. The molecule has 0 aromatic heterocycles. The Kier molecular flexibility index (Phi) is 18.2. The number of ether oxygens (including phenoxy) is 6. The van der Waals surface area contributed by atoms with Crippen molar-refractivity contribution in [1.82, 2.24) is 9.80 Å². The molecular formula is C52H82N2O12. The van der Waals surface area contributed by atoms with Crippen molar-refractivity contribution in [3.8, 4) is 0 Å². The number of aliphatic hydroxyl groups is 4. The van der Waals surface area contributed by atoms with E-state index in [0.717, 1.165) is 16.3 Å². The standard InChI is InChI=1S/C52H82N2O12/c1-15-41-52(11,60)45(57)34(6)54(14)29-30(2)27-51(10,59)46(66-49-43(56)40(53(12)13)26-31(3)62-49)32(4)44(33(5)48(58)64-41)65-42-28-50(9,36(8)55)47(35(7)63-42)61-25-19-23-38-22-18-21-37-20-16-17-24-39(37)38/h16-24,30-35,40-47,49,56-57,59-60H,15,25-29H2,1-14H3/b23-19+/t30-,31-,32+,33-,34-,35+,40+,41-,42+,43-,44+,45-,46-,47+,49?,50+,51-,52-/m1/s1. The monoisotopic (exact) mass is 927 g/mol. The Hall–Kier alpha value is -2.86. The fourth-order valence-electron chi connectivity index (χ4n) is 11.0. The molecule has 0 saturated carbocycles. The topological polar surface area (TPSA) is 177 Å². The molecule has 1 unspecified atom stereocenters. The number of cyclic esters (lactones) is 1. The van der Waals surface area contributed by atoms with Gasteiger partial charge in [0.1, 0.15) is 29.7 Å². The van der Waals surface area contributed by atoms with Crippen LogP contribution in [0.15, 0.2) is 48.5 Å². The van der Waals surface area contributed by atoms with Crippen molar-refractivity contribution in [3.05, 3.63) is 54.1 Å². The van der Waals surface area contributed by atoms with Crippen LogP contribution in [-0.2, 0) is 38.0 Å². The molecule has 0 amide bonds. The summed E-state index contributed by atoms with van der Waals surface area (Å²) < 4.78 is 39.3. The van der Waals surface area contributed by atoms with E-state index in [1.807, 2.05) is 102 Å². The van der Waals surface area contributed by atoms with Crippen LogP contribution in [0.3, 0.4) is 0 Å². The van der Waals surface area contributed by atoms with Crippen molar-refractivity contribution >= 4 is 28.6 Å². The summed E-state index contributed by atoms with van der Waals surface area (Å²) in [6, 6.07) is 13.4.